The van der Waals surface area contributed by atoms with Crippen LogP contribution in [0.5, 0.6) is 5.75 Å². The number of halogens is 1. The van der Waals surface area contributed by atoms with Crippen molar-refractivity contribution in [1.82, 2.24) is 4.98 Å². The fourth-order valence-electron chi connectivity index (χ4n) is 2.36. The van der Waals surface area contributed by atoms with Gasteiger partial charge >= 0.3 is 0 Å². The average Bonchev–Trinajstić information content (AvgIpc) is 2.90. The molecule has 1 atom stereocenters. The van der Waals surface area contributed by atoms with E-state index < -0.39 is 0 Å². The smallest absolute Gasteiger partial charge is 0.121 e. The fraction of sp³-hybridized carbons (Fsp3) is 0.188. The van der Waals surface area contributed by atoms with Gasteiger partial charge in [0.2, 0.25) is 0 Å². The normalized spacial score (nSPS) is 12.5. The van der Waals surface area contributed by atoms with Gasteiger partial charge in [-0.2, -0.15) is 0 Å². The second-order valence-corrected chi connectivity index (χ2v) is 6.34. The zero-order chi connectivity index (χ0) is 15.0. The van der Waals surface area contributed by atoms with E-state index in [0.29, 0.717) is 5.02 Å². The maximum atomic E-state index is 10.1. The Morgan fingerprint density at radius 1 is 1.29 bits per heavy atom. The SMILES string of the molecule is Cc1ccc(C(C)Nc2c(Cl)ccc3scnc23)c(O)c1. The first-order chi connectivity index (χ1) is 10.1. The minimum atomic E-state index is -0.0737. The molecule has 1 unspecified atom stereocenters. The Labute approximate surface area is 132 Å². The number of phenolic OH excluding ortho intramolecular Hbond substituents is 1. The van der Waals surface area contributed by atoms with Crippen molar-refractivity contribution in [3.8, 4) is 5.75 Å². The second kappa shape index (κ2) is 5.54. The van der Waals surface area contributed by atoms with E-state index in [1.165, 1.54) is 0 Å². The molecule has 3 aromatic rings. The Morgan fingerprint density at radius 2 is 2.10 bits per heavy atom. The Morgan fingerprint density at radius 3 is 2.86 bits per heavy atom. The van der Waals surface area contributed by atoms with E-state index in [2.05, 4.69) is 10.3 Å². The zero-order valence-corrected chi connectivity index (χ0v) is 13.3. The molecule has 0 radical (unpaired) electrons. The summed E-state index contributed by atoms with van der Waals surface area (Å²) in [6, 6.07) is 9.44. The monoisotopic (exact) mass is 318 g/mol. The van der Waals surface area contributed by atoms with Gasteiger partial charge in [0.05, 0.1) is 27.0 Å². The van der Waals surface area contributed by atoms with Gasteiger partial charge in [0.25, 0.3) is 0 Å². The number of hydrogen-bond donors (Lipinski definition) is 2. The number of aromatic hydroxyl groups is 1. The summed E-state index contributed by atoms with van der Waals surface area (Å²) in [5, 5.41) is 14.1. The molecule has 5 heteroatoms. The van der Waals surface area contributed by atoms with Crippen LogP contribution in [0.15, 0.2) is 35.8 Å². The lowest BCUT2D eigenvalue weighted by Crippen LogP contribution is -2.08. The van der Waals surface area contributed by atoms with E-state index >= 15 is 0 Å². The molecular formula is C16H15ClN2OS. The molecule has 0 saturated carbocycles. The number of aromatic nitrogens is 1. The van der Waals surface area contributed by atoms with Crippen molar-refractivity contribution >= 4 is 38.8 Å². The lowest BCUT2D eigenvalue weighted by molar-refractivity contribution is 0.465. The Balaban J connectivity index is 1.98. The van der Waals surface area contributed by atoms with Crippen LogP contribution in [0.3, 0.4) is 0 Å². The van der Waals surface area contributed by atoms with Gasteiger partial charge in [-0.15, -0.1) is 11.3 Å². The Bertz CT molecular complexity index is 800. The quantitative estimate of drug-likeness (QED) is 0.703. The first-order valence-electron chi connectivity index (χ1n) is 6.64. The van der Waals surface area contributed by atoms with Crippen molar-refractivity contribution in [2.75, 3.05) is 5.32 Å². The van der Waals surface area contributed by atoms with Gasteiger partial charge < -0.3 is 10.4 Å². The van der Waals surface area contributed by atoms with E-state index in [0.717, 1.165) is 27.0 Å². The summed E-state index contributed by atoms with van der Waals surface area (Å²) >= 11 is 7.88. The fourth-order valence-corrected chi connectivity index (χ4v) is 3.25. The molecule has 1 heterocycles. The van der Waals surface area contributed by atoms with Gasteiger partial charge in [0.15, 0.2) is 0 Å². The first kappa shape index (κ1) is 14.2. The van der Waals surface area contributed by atoms with Crippen molar-refractivity contribution in [2.45, 2.75) is 19.9 Å². The lowest BCUT2D eigenvalue weighted by Gasteiger charge is -2.18. The summed E-state index contributed by atoms with van der Waals surface area (Å²) in [5.74, 6) is 0.288. The molecule has 0 bridgehead atoms. The van der Waals surface area contributed by atoms with Gasteiger partial charge in [-0.05, 0) is 37.6 Å². The number of nitrogens with one attached hydrogen (secondary N) is 1. The van der Waals surface area contributed by atoms with Gasteiger partial charge in [-0.25, -0.2) is 4.98 Å². The molecule has 2 aromatic carbocycles. The minimum Gasteiger partial charge on any atom is -0.508 e. The summed E-state index contributed by atoms with van der Waals surface area (Å²) in [5.41, 5.74) is 5.35. The van der Waals surface area contributed by atoms with Gasteiger partial charge in [0.1, 0.15) is 11.3 Å². The number of phenols is 1. The number of nitrogens with zero attached hydrogens (tertiary/aromatic N) is 1. The average molecular weight is 319 g/mol. The summed E-state index contributed by atoms with van der Waals surface area (Å²) in [4.78, 5) is 4.37. The predicted octanol–water partition coefficient (Wildman–Crippen LogP) is 5.14. The van der Waals surface area contributed by atoms with E-state index in [1.54, 1.807) is 22.9 Å². The topological polar surface area (TPSA) is 45.2 Å². The zero-order valence-electron chi connectivity index (χ0n) is 11.7. The molecule has 0 amide bonds. The number of fused-ring (bicyclic) bond motifs is 1. The van der Waals surface area contributed by atoms with Crippen LogP contribution in [-0.2, 0) is 0 Å². The third kappa shape index (κ3) is 2.69. The van der Waals surface area contributed by atoms with Crippen LogP contribution in [0.25, 0.3) is 10.2 Å². The Hall–Kier alpha value is -1.78. The molecule has 3 rings (SSSR count). The maximum absolute atomic E-state index is 10.1. The van der Waals surface area contributed by atoms with E-state index in [4.69, 9.17) is 11.6 Å². The standard InChI is InChI=1S/C16H15ClN2OS/c1-9-3-4-11(13(20)7-9)10(2)19-15-12(17)5-6-14-16(15)18-8-21-14/h3-8,10,19-20H,1-2H3. The number of thiazole rings is 1. The van der Waals surface area contributed by atoms with Crippen LogP contribution >= 0.6 is 22.9 Å². The largest absolute Gasteiger partial charge is 0.508 e. The molecule has 0 fully saturated rings. The van der Waals surface area contributed by atoms with Crippen LogP contribution < -0.4 is 5.32 Å². The Kier molecular flexibility index (Phi) is 3.74. The molecule has 2 N–H and O–H groups in total. The van der Waals surface area contributed by atoms with Crippen molar-refractivity contribution in [2.24, 2.45) is 0 Å². The maximum Gasteiger partial charge on any atom is 0.121 e. The molecule has 0 aliphatic rings. The van der Waals surface area contributed by atoms with Crippen LogP contribution in [0.1, 0.15) is 24.1 Å². The molecule has 0 spiro atoms. The summed E-state index contributed by atoms with van der Waals surface area (Å²) < 4.78 is 1.09. The minimum absolute atomic E-state index is 0.0737. The van der Waals surface area contributed by atoms with E-state index in [9.17, 15) is 5.11 Å². The summed E-state index contributed by atoms with van der Waals surface area (Å²) in [6.45, 7) is 3.94. The van der Waals surface area contributed by atoms with Gasteiger partial charge in [0, 0.05) is 5.56 Å². The van der Waals surface area contributed by atoms with Crippen molar-refractivity contribution in [1.29, 1.82) is 0 Å². The molecule has 0 aliphatic heterocycles. The molecular weight excluding hydrogens is 304 g/mol. The highest BCUT2D eigenvalue weighted by Crippen LogP contribution is 2.36. The van der Waals surface area contributed by atoms with Crippen molar-refractivity contribution < 1.29 is 5.11 Å². The predicted molar refractivity (Wildman–Crippen MR) is 89.5 cm³/mol. The van der Waals surface area contributed by atoms with Crippen molar-refractivity contribution in [3.63, 3.8) is 0 Å². The third-order valence-electron chi connectivity index (χ3n) is 3.46. The van der Waals surface area contributed by atoms with E-state index in [-0.39, 0.29) is 11.8 Å². The summed E-state index contributed by atoms with van der Waals surface area (Å²) in [7, 11) is 0. The summed E-state index contributed by atoms with van der Waals surface area (Å²) in [6.07, 6.45) is 0. The van der Waals surface area contributed by atoms with Gasteiger partial charge in [-0.3, -0.25) is 0 Å². The van der Waals surface area contributed by atoms with Crippen LogP contribution in [0.2, 0.25) is 5.02 Å². The highest BCUT2D eigenvalue weighted by Gasteiger charge is 2.15. The molecule has 0 saturated heterocycles. The number of benzene rings is 2. The number of rotatable bonds is 3. The van der Waals surface area contributed by atoms with E-state index in [1.807, 2.05) is 38.1 Å². The number of hydrogen-bond acceptors (Lipinski definition) is 4. The highest BCUT2D eigenvalue weighted by atomic mass is 35.5. The van der Waals surface area contributed by atoms with Gasteiger partial charge in [-0.1, -0.05) is 23.7 Å². The molecule has 108 valence electrons. The molecule has 0 aliphatic carbocycles. The highest BCUT2D eigenvalue weighted by molar-refractivity contribution is 7.16. The second-order valence-electron chi connectivity index (χ2n) is 5.05. The number of anilines is 1. The molecule has 21 heavy (non-hydrogen) atoms. The number of aryl methyl sites for hydroxylation is 1. The van der Waals surface area contributed by atoms with Crippen LogP contribution in [0.4, 0.5) is 5.69 Å². The molecule has 3 nitrogen and oxygen atoms in total. The van der Waals surface area contributed by atoms with Crippen molar-refractivity contribution in [3.05, 3.63) is 52.0 Å². The van der Waals surface area contributed by atoms with Crippen LogP contribution in [-0.4, -0.2) is 10.1 Å². The third-order valence-corrected chi connectivity index (χ3v) is 4.57. The first-order valence-corrected chi connectivity index (χ1v) is 7.90. The molecule has 1 aromatic heterocycles. The van der Waals surface area contributed by atoms with Crippen LogP contribution in [0, 0.1) is 6.92 Å². The lowest BCUT2D eigenvalue weighted by atomic mass is 10.0.